The van der Waals surface area contributed by atoms with Gasteiger partial charge in [-0.05, 0) is 25.8 Å². The maximum absolute atomic E-state index is 4.13. The molecule has 0 amide bonds. The van der Waals surface area contributed by atoms with Gasteiger partial charge in [0.25, 0.3) is 0 Å². The molecule has 1 aliphatic rings. The molecule has 1 rings (SSSR count). The first-order valence-electron chi connectivity index (χ1n) is 2.97. The van der Waals surface area contributed by atoms with E-state index in [4.69, 9.17) is 0 Å². The van der Waals surface area contributed by atoms with Gasteiger partial charge in [-0.25, -0.2) is 0 Å². The van der Waals surface area contributed by atoms with Crippen LogP contribution in [0.1, 0.15) is 20.3 Å². The molecule has 1 heteroatoms. The summed E-state index contributed by atoms with van der Waals surface area (Å²) < 4.78 is 0. The summed E-state index contributed by atoms with van der Waals surface area (Å²) in [5.74, 6) is 0. The van der Waals surface area contributed by atoms with Gasteiger partial charge in [0.2, 0.25) is 0 Å². The van der Waals surface area contributed by atoms with Gasteiger partial charge in [-0.1, -0.05) is 5.57 Å². The monoisotopic (exact) mass is 109 g/mol. The molecule has 0 saturated heterocycles. The first-order valence-corrected chi connectivity index (χ1v) is 2.97. The van der Waals surface area contributed by atoms with Crippen LogP contribution in [-0.2, 0) is 0 Å². The Labute approximate surface area is 50.1 Å². The second-order valence-electron chi connectivity index (χ2n) is 2.25. The van der Waals surface area contributed by atoms with Crippen molar-refractivity contribution in [1.29, 1.82) is 0 Å². The number of dihydropyridines is 1. The second-order valence-corrected chi connectivity index (χ2v) is 2.25. The third kappa shape index (κ3) is 0.971. The molecule has 0 spiro atoms. The largest absolute Gasteiger partial charge is 0.293 e. The Morgan fingerprint density at radius 1 is 1.50 bits per heavy atom. The molecular formula is C7H11N. The van der Waals surface area contributed by atoms with Crippen molar-refractivity contribution in [3.05, 3.63) is 11.1 Å². The molecule has 1 aliphatic heterocycles. The minimum atomic E-state index is 0.989. The van der Waals surface area contributed by atoms with Crippen molar-refractivity contribution in [2.24, 2.45) is 4.99 Å². The Morgan fingerprint density at radius 3 is 2.62 bits per heavy atom. The summed E-state index contributed by atoms with van der Waals surface area (Å²) in [6, 6.07) is 0. The summed E-state index contributed by atoms with van der Waals surface area (Å²) >= 11 is 0. The van der Waals surface area contributed by atoms with Crippen LogP contribution in [0.4, 0.5) is 0 Å². The molecule has 0 fully saturated rings. The summed E-state index contributed by atoms with van der Waals surface area (Å²) in [6.45, 7) is 5.27. The van der Waals surface area contributed by atoms with Crippen molar-refractivity contribution >= 4 is 6.21 Å². The van der Waals surface area contributed by atoms with Crippen LogP contribution in [-0.4, -0.2) is 12.8 Å². The third-order valence-electron chi connectivity index (χ3n) is 1.57. The average Bonchev–Trinajstić information content (AvgIpc) is 1.77. The Hall–Kier alpha value is -0.590. The van der Waals surface area contributed by atoms with Gasteiger partial charge in [0.05, 0.1) is 0 Å². The van der Waals surface area contributed by atoms with Crippen LogP contribution in [0, 0.1) is 0 Å². The Balaban J connectivity index is 2.76. The van der Waals surface area contributed by atoms with Crippen LogP contribution in [0.5, 0.6) is 0 Å². The molecule has 0 aromatic heterocycles. The molecule has 0 aromatic rings. The molecule has 1 heterocycles. The zero-order valence-corrected chi connectivity index (χ0v) is 5.44. The fraction of sp³-hybridized carbons (Fsp3) is 0.571. The van der Waals surface area contributed by atoms with E-state index in [2.05, 4.69) is 18.8 Å². The topological polar surface area (TPSA) is 12.4 Å². The smallest absolute Gasteiger partial charge is 0.0426 e. The van der Waals surface area contributed by atoms with Crippen LogP contribution < -0.4 is 0 Å². The highest BCUT2D eigenvalue weighted by molar-refractivity contribution is 5.79. The SMILES string of the molecule is CC1=C(C)CCN=C1. The third-order valence-corrected chi connectivity index (χ3v) is 1.57. The molecule has 44 valence electrons. The molecule has 0 saturated carbocycles. The minimum absolute atomic E-state index is 0.989. The molecule has 1 nitrogen and oxygen atoms in total. The molecule has 0 N–H and O–H groups in total. The van der Waals surface area contributed by atoms with Gasteiger partial charge in [-0.15, -0.1) is 0 Å². The van der Waals surface area contributed by atoms with E-state index in [1.165, 1.54) is 11.1 Å². The van der Waals surface area contributed by atoms with E-state index in [-0.39, 0.29) is 0 Å². The van der Waals surface area contributed by atoms with Crippen LogP contribution in [0.15, 0.2) is 16.1 Å². The molecule has 0 atom stereocenters. The molecule has 0 unspecified atom stereocenters. The lowest BCUT2D eigenvalue weighted by Crippen LogP contribution is -1.95. The fourth-order valence-corrected chi connectivity index (χ4v) is 0.741. The number of hydrogen-bond acceptors (Lipinski definition) is 1. The minimum Gasteiger partial charge on any atom is -0.293 e. The summed E-state index contributed by atoms with van der Waals surface area (Å²) in [7, 11) is 0. The van der Waals surface area contributed by atoms with Gasteiger partial charge in [0, 0.05) is 12.8 Å². The van der Waals surface area contributed by atoms with Crippen molar-refractivity contribution in [2.75, 3.05) is 6.54 Å². The lowest BCUT2D eigenvalue weighted by molar-refractivity contribution is 0.926. The van der Waals surface area contributed by atoms with Crippen LogP contribution in [0.3, 0.4) is 0 Å². The Morgan fingerprint density at radius 2 is 2.25 bits per heavy atom. The summed E-state index contributed by atoms with van der Waals surface area (Å²) in [6.07, 6.45) is 3.11. The summed E-state index contributed by atoms with van der Waals surface area (Å²) in [4.78, 5) is 4.13. The van der Waals surface area contributed by atoms with E-state index in [9.17, 15) is 0 Å². The van der Waals surface area contributed by atoms with Gasteiger partial charge in [-0.3, -0.25) is 4.99 Å². The van der Waals surface area contributed by atoms with Crippen molar-refractivity contribution < 1.29 is 0 Å². The van der Waals surface area contributed by atoms with E-state index >= 15 is 0 Å². The lowest BCUT2D eigenvalue weighted by atomic mass is 10.1. The van der Waals surface area contributed by atoms with E-state index in [1.807, 2.05) is 6.21 Å². The van der Waals surface area contributed by atoms with Crippen LogP contribution in [0.2, 0.25) is 0 Å². The van der Waals surface area contributed by atoms with Crippen molar-refractivity contribution in [2.45, 2.75) is 20.3 Å². The van der Waals surface area contributed by atoms with Crippen LogP contribution in [0.25, 0.3) is 0 Å². The van der Waals surface area contributed by atoms with Gasteiger partial charge < -0.3 is 0 Å². The lowest BCUT2D eigenvalue weighted by Gasteiger charge is -2.05. The van der Waals surface area contributed by atoms with E-state index in [0.29, 0.717) is 0 Å². The quantitative estimate of drug-likeness (QED) is 0.449. The van der Waals surface area contributed by atoms with E-state index in [0.717, 1.165) is 13.0 Å². The van der Waals surface area contributed by atoms with Crippen LogP contribution >= 0.6 is 0 Å². The van der Waals surface area contributed by atoms with Crippen molar-refractivity contribution in [1.82, 2.24) is 0 Å². The van der Waals surface area contributed by atoms with E-state index < -0.39 is 0 Å². The molecule has 0 aliphatic carbocycles. The highest BCUT2D eigenvalue weighted by Crippen LogP contribution is 2.09. The fourth-order valence-electron chi connectivity index (χ4n) is 0.741. The molecule has 0 bridgehead atoms. The highest BCUT2D eigenvalue weighted by Gasteiger charge is 1.97. The van der Waals surface area contributed by atoms with E-state index in [1.54, 1.807) is 0 Å². The van der Waals surface area contributed by atoms with Gasteiger partial charge in [-0.2, -0.15) is 0 Å². The first-order chi connectivity index (χ1) is 3.80. The van der Waals surface area contributed by atoms with Gasteiger partial charge in [0.15, 0.2) is 0 Å². The van der Waals surface area contributed by atoms with Gasteiger partial charge in [0.1, 0.15) is 0 Å². The normalized spacial score (nSPS) is 19.8. The zero-order valence-electron chi connectivity index (χ0n) is 5.44. The summed E-state index contributed by atoms with van der Waals surface area (Å²) in [5, 5.41) is 0. The van der Waals surface area contributed by atoms with Gasteiger partial charge >= 0.3 is 0 Å². The number of hydrogen-bond donors (Lipinski definition) is 0. The first kappa shape index (κ1) is 5.54. The Bertz CT molecular complexity index is 142. The highest BCUT2D eigenvalue weighted by atomic mass is 14.7. The number of rotatable bonds is 0. The predicted molar refractivity (Wildman–Crippen MR) is 36.4 cm³/mol. The number of nitrogens with zero attached hydrogens (tertiary/aromatic N) is 1. The maximum atomic E-state index is 4.13. The number of allylic oxidation sites excluding steroid dienone is 1. The summed E-state index contributed by atoms with van der Waals surface area (Å²) in [5.41, 5.74) is 2.83. The predicted octanol–water partition coefficient (Wildman–Crippen LogP) is 1.80. The molecule has 8 heavy (non-hydrogen) atoms. The maximum Gasteiger partial charge on any atom is 0.0426 e. The molecule has 0 aromatic carbocycles. The standard InChI is InChI=1S/C7H11N/c1-6-3-4-8-5-7(6)2/h5H,3-4H2,1-2H3. The number of aliphatic imine (C=N–C) groups is 1. The Kier molecular flexibility index (Phi) is 1.47. The van der Waals surface area contributed by atoms with Crippen molar-refractivity contribution in [3.8, 4) is 0 Å². The van der Waals surface area contributed by atoms with Crippen molar-refractivity contribution in [3.63, 3.8) is 0 Å². The average molecular weight is 109 g/mol. The molecular weight excluding hydrogens is 98.1 g/mol. The molecule has 0 radical (unpaired) electrons. The second kappa shape index (κ2) is 2.12. The zero-order chi connectivity index (χ0) is 5.98.